The summed E-state index contributed by atoms with van der Waals surface area (Å²) in [5.41, 5.74) is 0.435. The Morgan fingerprint density at radius 1 is 1.33 bits per heavy atom. The number of carbonyl (C=O) groups is 1. The van der Waals surface area contributed by atoms with Gasteiger partial charge in [-0.25, -0.2) is 0 Å². The predicted molar refractivity (Wildman–Crippen MR) is 60.6 cm³/mol. The van der Waals surface area contributed by atoms with E-state index in [4.69, 9.17) is 0 Å². The van der Waals surface area contributed by atoms with Crippen LogP contribution in [0.15, 0.2) is 0 Å². The van der Waals surface area contributed by atoms with Crippen LogP contribution in [0.5, 0.6) is 0 Å². The second kappa shape index (κ2) is 4.12. The second-order valence-corrected chi connectivity index (χ2v) is 5.68. The van der Waals surface area contributed by atoms with E-state index in [0.29, 0.717) is 11.3 Å². The number of hydrogen-bond acceptors (Lipinski definition) is 2. The molecule has 86 valence electrons. The molecule has 0 aromatic heterocycles. The minimum atomic E-state index is 0.256. The number of amides is 1. The quantitative estimate of drug-likeness (QED) is 0.706. The summed E-state index contributed by atoms with van der Waals surface area (Å²) in [6.07, 6.45) is 3.33. The van der Waals surface area contributed by atoms with Gasteiger partial charge < -0.3 is 10.2 Å². The maximum absolute atomic E-state index is 12.1. The molecule has 0 spiro atoms. The Morgan fingerprint density at radius 3 is 2.53 bits per heavy atom. The van der Waals surface area contributed by atoms with E-state index in [9.17, 15) is 4.79 Å². The van der Waals surface area contributed by atoms with Gasteiger partial charge in [0.25, 0.3) is 0 Å². The van der Waals surface area contributed by atoms with Crippen LogP contribution in [0.1, 0.15) is 33.1 Å². The minimum Gasteiger partial charge on any atom is -0.342 e. The van der Waals surface area contributed by atoms with E-state index < -0.39 is 0 Å². The second-order valence-electron chi connectivity index (χ2n) is 5.68. The van der Waals surface area contributed by atoms with Gasteiger partial charge in [-0.3, -0.25) is 4.79 Å². The van der Waals surface area contributed by atoms with E-state index >= 15 is 0 Å². The van der Waals surface area contributed by atoms with E-state index in [1.807, 2.05) is 0 Å². The molecule has 1 atom stereocenters. The Kier molecular flexibility index (Phi) is 3.01. The van der Waals surface area contributed by atoms with Crippen LogP contribution in [0.25, 0.3) is 0 Å². The highest BCUT2D eigenvalue weighted by atomic mass is 16.2. The highest BCUT2D eigenvalue weighted by Gasteiger charge is 2.32. The Morgan fingerprint density at radius 2 is 2.00 bits per heavy atom. The lowest BCUT2D eigenvalue weighted by atomic mass is 9.82. The molecule has 1 N–H and O–H groups in total. The molecule has 2 aliphatic heterocycles. The number of carbonyl (C=O) groups excluding carboxylic acids is 1. The van der Waals surface area contributed by atoms with E-state index in [2.05, 4.69) is 24.1 Å². The zero-order valence-corrected chi connectivity index (χ0v) is 9.88. The fourth-order valence-electron chi connectivity index (χ4n) is 2.46. The van der Waals surface area contributed by atoms with Crippen LogP contribution in [0.2, 0.25) is 0 Å². The molecule has 2 aliphatic rings. The lowest BCUT2D eigenvalue weighted by Crippen LogP contribution is -2.44. The number of piperidine rings is 1. The lowest BCUT2D eigenvalue weighted by Gasteiger charge is -2.37. The maximum Gasteiger partial charge on any atom is 0.227 e. The van der Waals surface area contributed by atoms with Gasteiger partial charge in [0.1, 0.15) is 0 Å². The normalized spacial score (nSPS) is 30.5. The van der Waals surface area contributed by atoms with E-state index in [-0.39, 0.29) is 5.92 Å². The monoisotopic (exact) mass is 210 g/mol. The third-order valence-electron chi connectivity index (χ3n) is 3.84. The molecule has 3 heteroatoms. The van der Waals surface area contributed by atoms with Crippen LogP contribution in [0.4, 0.5) is 0 Å². The molecule has 15 heavy (non-hydrogen) atoms. The van der Waals surface area contributed by atoms with Gasteiger partial charge in [-0.05, 0) is 31.2 Å². The van der Waals surface area contributed by atoms with E-state index in [0.717, 1.165) is 45.4 Å². The number of hydrogen-bond donors (Lipinski definition) is 1. The summed E-state index contributed by atoms with van der Waals surface area (Å²) in [5, 5.41) is 3.26. The van der Waals surface area contributed by atoms with Crippen molar-refractivity contribution in [1.82, 2.24) is 10.2 Å². The summed E-state index contributed by atoms with van der Waals surface area (Å²) in [4.78, 5) is 14.2. The maximum atomic E-state index is 12.1. The third-order valence-corrected chi connectivity index (χ3v) is 3.84. The molecular formula is C12H22N2O. The van der Waals surface area contributed by atoms with Crippen LogP contribution in [-0.4, -0.2) is 37.0 Å². The van der Waals surface area contributed by atoms with Gasteiger partial charge in [0.05, 0.1) is 5.92 Å². The summed E-state index contributed by atoms with van der Waals surface area (Å²) in [6, 6.07) is 0. The molecule has 2 heterocycles. The topological polar surface area (TPSA) is 32.3 Å². The zero-order valence-electron chi connectivity index (χ0n) is 9.88. The van der Waals surface area contributed by atoms with Crippen molar-refractivity contribution in [3.63, 3.8) is 0 Å². The molecule has 0 aromatic carbocycles. The SMILES string of the molecule is CC1(C)CCN(C(=O)[C@@H]2CCNC2)CC1. The predicted octanol–water partition coefficient (Wildman–Crippen LogP) is 1.24. The van der Waals surface area contributed by atoms with Crippen molar-refractivity contribution in [2.45, 2.75) is 33.1 Å². The van der Waals surface area contributed by atoms with Gasteiger partial charge in [0.15, 0.2) is 0 Å². The van der Waals surface area contributed by atoms with Crippen molar-refractivity contribution in [2.24, 2.45) is 11.3 Å². The van der Waals surface area contributed by atoms with Gasteiger partial charge in [0, 0.05) is 19.6 Å². The first-order chi connectivity index (χ1) is 7.08. The Labute approximate surface area is 92.2 Å². The number of nitrogens with one attached hydrogen (secondary N) is 1. The molecular weight excluding hydrogens is 188 g/mol. The van der Waals surface area contributed by atoms with Crippen molar-refractivity contribution in [1.29, 1.82) is 0 Å². The average molecular weight is 210 g/mol. The largest absolute Gasteiger partial charge is 0.342 e. The lowest BCUT2D eigenvalue weighted by molar-refractivity contribution is -0.136. The molecule has 2 saturated heterocycles. The Balaban J connectivity index is 1.87. The third kappa shape index (κ3) is 2.51. The zero-order chi connectivity index (χ0) is 10.9. The van der Waals surface area contributed by atoms with E-state index in [1.165, 1.54) is 0 Å². The summed E-state index contributed by atoms with van der Waals surface area (Å²) in [7, 11) is 0. The van der Waals surface area contributed by atoms with Crippen molar-refractivity contribution >= 4 is 5.91 Å². The molecule has 0 saturated carbocycles. The number of likely N-dealkylation sites (tertiary alicyclic amines) is 1. The van der Waals surface area contributed by atoms with E-state index in [1.54, 1.807) is 0 Å². The van der Waals surface area contributed by atoms with Crippen molar-refractivity contribution in [2.75, 3.05) is 26.2 Å². The van der Waals surface area contributed by atoms with Gasteiger partial charge in [-0.15, -0.1) is 0 Å². The van der Waals surface area contributed by atoms with Crippen molar-refractivity contribution < 1.29 is 4.79 Å². The standard InChI is InChI=1S/C12H22N2O/c1-12(2)4-7-14(8-5-12)11(15)10-3-6-13-9-10/h10,13H,3-9H2,1-2H3/t10-/m1/s1. The summed E-state index contributed by atoms with van der Waals surface area (Å²) >= 11 is 0. The smallest absolute Gasteiger partial charge is 0.227 e. The summed E-state index contributed by atoms with van der Waals surface area (Å²) in [6.45, 7) is 8.41. The van der Waals surface area contributed by atoms with Gasteiger partial charge >= 0.3 is 0 Å². The number of rotatable bonds is 1. The van der Waals surface area contributed by atoms with Crippen LogP contribution in [-0.2, 0) is 4.79 Å². The summed E-state index contributed by atoms with van der Waals surface area (Å²) < 4.78 is 0. The molecule has 0 aromatic rings. The molecule has 3 nitrogen and oxygen atoms in total. The van der Waals surface area contributed by atoms with Crippen LogP contribution in [0.3, 0.4) is 0 Å². The highest BCUT2D eigenvalue weighted by Crippen LogP contribution is 2.30. The number of nitrogens with zero attached hydrogens (tertiary/aromatic N) is 1. The molecule has 0 unspecified atom stereocenters. The minimum absolute atomic E-state index is 0.256. The molecule has 1 amide bonds. The van der Waals surface area contributed by atoms with Crippen LogP contribution in [0, 0.1) is 11.3 Å². The summed E-state index contributed by atoms with van der Waals surface area (Å²) in [5.74, 6) is 0.640. The molecule has 2 fully saturated rings. The molecule has 0 aliphatic carbocycles. The fraction of sp³-hybridized carbons (Fsp3) is 0.917. The van der Waals surface area contributed by atoms with Gasteiger partial charge in [-0.2, -0.15) is 0 Å². The van der Waals surface area contributed by atoms with Crippen molar-refractivity contribution in [3.8, 4) is 0 Å². The Hall–Kier alpha value is -0.570. The fourth-order valence-corrected chi connectivity index (χ4v) is 2.46. The molecule has 0 bridgehead atoms. The first kappa shape index (κ1) is 10.9. The first-order valence-electron chi connectivity index (χ1n) is 6.08. The molecule has 0 radical (unpaired) electrons. The van der Waals surface area contributed by atoms with Gasteiger partial charge in [-0.1, -0.05) is 13.8 Å². The van der Waals surface area contributed by atoms with Crippen LogP contribution >= 0.6 is 0 Å². The highest BCUT2D eigenvalue weighted by molar-refractivity contribution is 5.79. The first-order valence-corrected chi connectivity index (χ1v) is 6.08. The van der Waals surface area contributed by atoms with Crippen LogP contribution < -0.4 is 5.32 Å². The molecule has 2 rings (SSSR count). The van der Waals surface area contributed by atoms with Gasteiger partial charge in [0.2, 0.25) is 5.91 Å². The van der Waals surface area contributed by atoms with Crippen molar-refractivity contribution in [3.05, 3.63) is 0 Å². The Bertz CT molecular complexity index is 234. The average Bonchev–Trinajstić information content (AvgIpc) is 2.69.